The Morgan fingerprint density at radius 1 is 1.06 bits per heavy atom. The fourth-order valence-corrected chi connectivity index (χ4v) is 5.29. The Hall–Kier alpha value is -6.56. The highest BCUT2D eigenvalue weighted by Crippen LogP contribution is 2.41. The zero-order valence-electron chi connectivity index (χ0n) is 26.5. The topological polar surface area (TPSA) is 218 Å². The van der Waals surface area contributed by atoms with Crippen molar-refractivity contribution in [2.75, 3.05) is 18.0 Å². The molecule has 0 saturated carbocycles. The SMILES string of the molecule is N#Cc1ccc(-c2c(-c3ccc(OC(F)F)c(O)c3)cnc(N3CCC(NCc4cnc(/C=C/C(=O)NO)nc4)CC3)c2C#N)cc1F.O=CO. The number of ether oxygens (including phenoxy) is 1. The molecule has 3 heterocycles. The Morgan fingerprint density at radius 3 is 2.33 bits per heavy atom. The lowest BCUT2D eigenvalue weighted by molar-refractivity contribution is -0.124. The first-order chi connectivity index (χ1) is 24.6. The number of phenolic OH excluding ortho intramolecular Hbond substituents is 1. The second kappa shape index (κ2) is 17.7. The van der Waals surface area contributed by atoms with E-state index in [1.807, 2.05) is 4.90 Å². The molecule has 51 heavy (non-hydrogen) atoms. The van der Waals surface area contributed by atoms with E-state index >= 15 is 0 Å². The first-order valence-electron chi connectivity index (χ1n) is 15.0. The largest absolute Gasteiger partial charge is 0.504 e. The highest BCUT2D eigenvalue weighted by molar-refractivity contribution is 5.91. The van der Waals surface area contributed by atoms with Gasteiger partial charge in [-0.1, -0.05) is 12.1 Å². The molecular weight excluding hydrogens is 673 g/mol. The van der Waals surface area contributed by atoms with E-state index in [2.05, 4.69) is 31.1 Å². The fourth-order valence-electron chi connectivity index (χ4n) is 5.29. The predicted octanol–water partition coefficient (Wildman–Crippen LogP) is 4.37. The van der Waals surface area contributed by atoms with E-state index < -0.39 is 29.8 Å². The number of hydrogen-bond donors (Lipinski definition) is 5. The van der Waals surface area contributed by atoms with Crippen LogP contribution in [0.3, 0.4) is 0 Å². The fraction of sp³-hybridized carbons (Fsp3) is 0.206. The molecule has 2 aromatic carbocycles. The average Bonchev–Trinajstić information content (AvgIpc) is 3.14. The number of halogens is 3. The number of aromatic hydroxyl groups is 1. The highest BCUT2D eigenvalue weighted by Gasteiger charge is 2.26. The first-order valence-corrected chi connectivity index (χ1v) is 15.0. The number of nitriles is 2. The molecule has 17 heteroatoms. The number of amides is 1. The minimum Gasteiger partial charge on any atom is -0.504 e. The maximum absolute atomic E-state index is 14.8. The summed E-state index contributed by atoms with van der Waals surface area (Å²) >= 11 is 0. The molecule has 1 fully saturated rings. The van der Waals surface area contributed by atoms with Gasteiger partial charge < -0.3 is 25.2 Å². The Bertz CT molecular complexity index is 1970. The summed E-state index contributed by atoms with van der Waals surface area (Å²) in [6.45, 7) is -1.84. The predicted molar refractivity (Wildman–Crippen MR) is 175 cm³/mol. The van der Waals surface area contributed by atoms with Crippen LogP contribution in [0.25, 0.3) is 28.3 Å². The first kappa shape index (κ1) is 37.3. The molecule has 1 aliphatic rings. The van der Waals surface area contributed by atoms with Gasteiger partial charge >= 0.3 is 6.61 Å². The number of carbonyl (C=O) groups is 2. The van der Waals surface area contributed by atoms with E-state index in [1.165, 1.54) is 42.0 Å². The molecule has 0 aliphatic carbocycles. The van der Waals surface area contributed by atoms with Crippen LogP contribution in [0.2, 0.25) is 0 Å². The number of phenols is 1. The number of aromatic nitrogens is 3. The maximum atomic E-state index is 14.8. The van der Waals surface area contributed by atoms with Crippen LogP contribution < -0.4 is 20.4 Å². The van der Waals surface area contributed by atoms with Crippen LogP contribution in [0, 0.1) is 28.5 Å². The molecular formula is C34H29F3N8O6. The zero-order valence-corrected chi connectivity index (χ0v) is 26.5. The van der Waals surface area contributed by atoms with Crippen LogP contribution in [0.5, 0.6) is 11.5 Å². The summed E-state index contributed by atoms with van der Waals surface area (Å²) in [5.74, 6) is -1.81. The van der Waals surface area contributed by atoms with Crippen molar-refractivity contribution in [1.82, 2.24) is 25.7 Å². The Morgan fingerprint density at radius 2 is 1.75 bits per heavy atom. The maximum Gasteiger partial charge on any atom is 0.387 e. The number of anilines is 1. The molecule has 0 radical (unpaired) electrons. The van der Waals surface area contributed by atoms with E-state index in [0.29, 0.717) is 60.8 Å². The molecule has 14 nitrogen and oxygen atoms in total. The van der Waals surface area contributed by atoms with Gasteiger partial charge in [-0.3, -0.25) is 14.8 Å². The molecule has 0 spiro atoms. The van der Waals surface area contributed by atoms with Crippen molar-refractivity contribution in [3.63, 3.8) is 0 Å². The summed E-state index contributed by atoms with van der Waals surface area (Å²) in [5.41, 5.74) is 3.49. The van der Waals surface area contributed by atoms with Crippen molar-refractivity contribution < 1.29 is 42.9 Å². The van der Waals surface area contributed by atoms with Gasteiger partial charge in [-0.05, 0) is 54.3 Å². The Kier molecular flexibility index (Phi) is 13.0. The molecule has 5 N–H and O–H groups in total. The van der Waals surface area contributed by atoms with Gasteiger partial charge in [-0.25, -0.2) is 24.8 Å². The van der Waals surface area contributed by atoms with Crippen LogP contribution in [-0.4, -0.2) is 68.5 Å². The van der Waals surface area contributed by atoms with Gasteiger partial charge in [0.25, 0.3) is 12.4 Å². The number of carbonyl (C=O) groups excluding carboxylic acids is 1. The molecule has 1 aliphatic heterocycles. The molecule has 2 aromatic heterocycles. The lowest BCUT2D eigenvalue weighted by Crippen LogP contribution is -2.43. The Balaban J connectivity index is 0.00000188. The molecule has 4 aromatic rings. The van der Waals surface area contributed by atoms with Gasteiger partial charge in [0.15, 0.2) is 17.3 Å². The number of carboxylic acid groups (broad SMARTS) is 1. The quantitative estimate of drug-likeness (QED) is 0.0672. The average molecular weight is 703 g/mol. The Labute approximate surface area is 288 Å². The van der Waals surface area contributed by atoms with E-state index in [1.54, 1.807) is 18.5 Å². The molecule has 0 unspecified atom stereocenters. The number of alkyl halides is 2. The normalized spacial score (nSPS) is 12.8. The number of rotatable bonds is 10. The van der Waals surface area contributed by atoms with Crippen molar-refractivity contribution in [2.45, 2.75) is 32.0 Å². The van der Waals surface area contributed by atoms with Crippen molar-refractivity contribution in [3.8, 4) is 45.9 Å². The lowest BCUT2D eigenvalue weighted by Gasteiger charge is -2.34. The standard InChI is InChI=1S/C33H27F3N8O4.CH2O2/c34-26-11-21(1-2-22(26)13-37)31-24(14-38)32(42-18-25(31)20-3-4-28(27(45)12-20)48-33(35)36)44-9-7-23(8-10-44)39-15-19-16-40-29(41-17-19)5-6-30(46)43-47;2-1-3/h1-6,11-12,16-18,23,33,39,45,47H,7-10,15H2,(H,43,46);1H,(H,2,3)/b6-5+;. The van der Waals surface area contributed by atoms with Crippen LogP contribution in [0.15, 0.2) is 61.1 Å². The third-order valence-corrected chi connectivity index (χ3v) is 7.64. The number of hydroxylamine groups is 1. The summed E-state index contributed by atoms with van der Waals surface area (Å²) in [6.07, 6.45) is 8.60. The van der Waals surface area contributed by atoms with E-state index in [9.17, 15) is 33.6 Å². The minimum absolute atomic E-state index is 0.128. The number of hydrogen-bond acceptors (Lipinski definition) is 12. The summed E-state index contributed by atoms with van der Waals surface area (Å²) in [5, 5.41) is 48.9. The summed E-state index contributed by atoms with van der Waals surface area (Å²) < 4.78 is 44.7. The second-order valence-corrected chi connectivity index (χ2v) is 10.7. The second-order valence-electron chi connectivity index (χ2n) is 10.7. The van der Waals surface area contributed by atoms with Crippen molar-refractivity contribution >= 4 is 24.3 Å². The number of benzene rings is 2. The van der Waals surface area contributed by atoms with Crippen LogP contribution in [-0.2, 0) is 16.1 Å². The number of piperidine rings is 1. The number of nitrogens with zero attached hydrogens (tertiary/aromatic N) is 6. The van der Waals surface area contributed by atoms with Gasteiger partial charge in [-0.2, -0.15) is 19.3 Å². The van der Waals surface area contributed by atoms with Gasteiger partial charge in [-0.15, -0.1) is 0 Å². The van der Waals surface area contributed by atoms with Crippen molar-refractivity contribution in [3.05, 3.63) is 89.4 Å². The smallest absolute Gasteiger partial charge is 0.387 e. The van der Waals surface area contributed by atoms with Gasteiger partial charge in [0.1, 0.15) is 29.3 Å². The van der Waals surface area contributed by atoms with E-state index in [-0.39, 0.29) is 29.2 Å². The molecule has 5 rings (SSSR count). The number of pyridine rings is 1. The monoisotopic (exact) mass is 702 g/mol. The summed E-state index contributed by atoms with van der Waals surface area (Å²) in [7, 11) is 0. The van der Waals surface area contributed by atoms with Gasteiger partial charge in [0.05, 0.1) is 5.56 Å². The van der Waals surface area contributed by atoms with Crippen molar-refractivity contribution in [2.24, 2.45) is 0 Å². The van der Waals surface area contributed by atoms with E-state index in [4.69, 9.17) is 15.1 Å². The zero-order chi connectivity index (χ0) is 36.9. The third kappa shape index (κ3) is 9.54. The molecule has 0 atom stereocenters. The minimum atomic E-state index is -3.15. The van der Waals surface area contributed by atoms with Crippen molar-refractivity contribution in [1.29, 1.82) is 10.5 Å². The molecule has 1 amide bonds. The summed E-state index contributed by atoms with van der Waals surface area (Å²) in [4.78, 5) is 34.4. The third-order valence-electron chi connectivity index (χ3n) is 7.64. The molecule has 1 saturated heterocycles. The lowest BCUT2D eigenvalue weighted by atomic mass is 9.91. The van der Waals surface area contributed by atoms with Gasteiger partial charge in [0, 0.05) is 67.0 Å². The summed E-state index contributed by atoms with van der Waals surface area (Å²) in [6, 6.07) is 11.8. The highest BCUT2D eigenvalue weighted by atomic mass is 19.3. The van der Waals surface area contributed by atoms with Crippen LogP contribution in [0.4, 0.5) is 19.0 Å². The van der Waals surface area contributed by atoms with E-state index in [0.717, 1.165) is 23.8 Å². The number of nitrogens with one attached hydrogen (secondary N) is 2. The van der Waals surface area contributed by atoms with Crippen LogP contribution >= 0.6 is 0 Å². The van der Waals surface area contributed by atoms with Gasteiger partial charge in [0.2, 0.25) is 0 Å². The molecule has 262 valence electrons. The molecule has 0 bridgehead atoms. The van der Waals surface area contributed by atoms with Crippen LogP contribution in [0.1, 0.15) is 35.4 Å².